The highest BCUT2D eigenvalue weighted by atomic mass is 16.1. The second-order valence-electron chi connectivity index (χ2n) is 6.38. The standard InChI is InChI=1S/C21H18N4O.2C2H6/c1-13-10-16(19-8-5-7-18(24-19)15(3)26)11-20-17(13)12-22-25(20)21-9-4-6-14(2)23-21;2*1-2/h4-12H,1-3H3;2*1-2H3. The number of nitrogens with zero attached hydrogens (tertiary/aromatic N) is 4. The number of ketones is 1. The molecule has 3 aromatic heterocycles. The molecule has 4 aromatic rings. The van der Waals surface area contributed by atoms with Crippen molar-refractivity contribution in [3.8, 4) is 17.1 Å². The van der Waals surface area contributed by atoms with Crippen molar-refractivity contribution in [2.45, 2.75) is 48.5 Å². The number of benzene rings is 1. The van der Waals surface area contributed by atoms with E-state index in [-0.39, 0.29) is 5.78 Å². The lowest BCUT2D eigenvalue weighted by Gasteiger charge is -2.08. The number of hydrogen-bond acceptors (Lipinski definition) is 4. The van der Waals surface area contributed by atoms with Crippen LogP contribution in [0.1, 0.15) is 56.4 Å². The van der Waals surface area contributed by atoms with Crippen LogP contribution in [-0.2, 0) is 0 Å². The first-order valence-electron chi connectivity index (χ1n) is 10.4. The summed E-state index contributed by atoms with van der Waals surface area (Å²) in [5, 5.41) is 5.60. The minimum Gasteiger partial charge on any atom is -0.293 e. The van der Waals surface area contributed by atoms with Crippen LogP contribution < -0.4 is 0 Å². The number of aromatic nitrogens is 4. The zero-order chi connectivity index (χ0) is 22.3. The smallest absolute Gasteiger partial charge is 0.178 e. The lowest BCUT2D eigenvalue weighted by molar-refractivity contribution is 0.101. The minimum absolute atomic E-state index is 0.0429. The van der Waals surface area contributed by atoms with Crippen LogP contribution in [0.15, 0.2) is 54.7 Å². The van der Waals surface area contributed by atoms with Crippen LogP contribution >= 0.6 is 0 Å². The lowest BCUT2D eigenvalue weighted by atomic mass is 10.0. The SMILES string of the molecule is CC.CC.CC(=O)c1cccc(-c2cc(C)c3cnn(-c4cccc(C)n4)c3c2)n1. The molecule has 0 bridgehead atoms. The van der Waals surface area contributed by atoms with Crippen molar-refractivity contribution in [3.63, 3.8) is 0 Å². The molecule has 0 radical (unpaired) electrons. The number of carbonyl (C=O) groups excluding carboxylic acids is 1. The van der Waals surface area contributed by atoms with E-state index in [9.17, 15) is 4.79 Å². The highest BCUT2D eigenvalue weighted by molar-refractivity contribution is 5.93. The largest absolute Gasteiger partial charge is 0.293 e. The summed E-state index contributed by atoms with van der Waals surface area (Å²) >= 11 is 0. The van der Waals surface area contributed by atoms with Gasteiger partial charge in [0.15, 0.2) is 11.6 Å². The molecule has 30 heavy (non-hydrogen) atoms. The Balaban J connectivity index is 0.000000757. The van der Waals surface area contributed by atoms with Crippen molar-refractivity contribution in [1.29, 1.82) is 0 Å². The molecule has 1 aromatic carbocycles. The van der Waals surface area contributed by atoms with Gasteiger partial charge < -0.3 is 0 Å². The topological polar surface area (TPSA) is 60.7 Å². The van der Waals surface area contributed by atoms with E-state index in [0.29, 0.717) is 5.69 Å². The fourth-order valence-corrected chi connectivity index (χ4v) is 3.07. The molecule has 0 fully saturated rings. The molecule has 0 saturated carbocycles. The van der Waals surface area contributed by atoms with Crippen LogP contribution in [0.4, 0.5) is 0 Å². The van der Waals surface area contributed by atoms with Gasteiger partial charge >= 0.3 is 0 Å². The van der Waals surface area contributed by atoms with Gasteiger partial charge in [-0.25, -0.2) is 14.6 Å². The molecule has 4 rings (SSSR count). The Morgan fingerprint density at radius 1 is 0.900 bits per heavy atom. The Bertz CT molecular complexity index is 1150. The van der Waals surface area contributed by atoms with E-state index in [1.165, 1.54) is 6.92 Å². The Labute approximate surface area is 178 Å². The van der Waals surface area contributed by atoms with Gasteiger partial charge in [0, 0.05) is 23.6 Å². The second-order valence-corrected chi connectivity index (χ2v) is 6.38. The molecule has 0 aliphatic heterocycles. The van der Waals surface area contributed by atoms with E-state index in [0.717, 1.165) is 39.2 Å². The molecule has 0 atom stereocenters. The maximum Gasteiger partial charge on any atom is 0.178 e. The fraction of sp³-hybridized carbons (Fsp3) is 0.280. The van der Waals surface area contributed by atoms with Crippen molar-refractivity contribution >= 4 is 16.7 Å². The number of rotatable bonds is 3. The van der Waals surface area contributed by atoms with Crippen molar-refractivity contribution in [2.24, 2.45) is 0 Å². The van der Waals surface area contributed by atoms with Crippen LogP contribution in [0.3, 0.4) is 0 Å². The van der Waals surface area contributed by atoms with Crippen molar-refractivity contribution in [1.82, 2.24) is 19.7 Å². The van der Waals surface area contributed by atoms with E-state index < -0.39 is 0 Å². The number of aryl methyl sites for hydroxylation is 2. The molecule has 5 heteroatoms. The Morgan fingerprint density at radius 3 is 2.27 bits per heavy atom. The highest BCUT2D eigenvalue weighted by Gasteiger charge is 2.12. The molecule has 0 N–H and O–H groups in total. The molecule has 156 valence electrons. The van der Waals surface area contributed by atoms with Crippen LogP contribution in [0.5, 0.6) is 0 Å². The fourth-order valence-electron chi connectivity index (χ4n) is 3.07. The predicted octanol–water partition coefficient (Wildman–Crippen LogP) is 6.35. The Morgan fingerprint density at radius 2 is 1.60 bits per heavy atom. The van der Waals surface area contributed by atoms with Gasteiger partial charge in [-0.05, 0) is 55.8 Å². The number of hydrogen-bond donors (Lipinski definition) is 0. The van der Waals surface area contributed by atoms with Gasteiger partial charge in [-0.1, -0.05) is 39.8 Å². The number of pyridine rings is 2. The van der Waals surface area contributed by atoms with Crippen molar-refractivity contribution < 1.29 is 4.79 Å². The normalized spacial score (nSPS) is 9.97. The number of Topliss-reactive ketones (excluding diaryl/α,β-unsaturated/α-hetero) is 1. The van der Waals surface area contributed by atoms with E-state index in [2.05, 4.69) is 28.1 Å². The molecular formula is C25H30N4O. The summed E-state index contributed by atoms with van der Waals surface area (Å²) in [6.07, 6.45) is 1.86. The average molecular weight is 403 g/mol. The molecule has 0 spiro atoms. The quantitative estimate of drug-likeness (QED) is 0.374. The Kier molecular flexibility index (Phi) is 7.98. The summed E-state index contributed by atoms with van der Waals surface area (Å²) < 4.78 is 1.84. The van der Waals surface area contributed by atoms with E-state index >= 15 is 0 Å². The first kappa shape index (κ1) is 22.9. The third kappa shape index (κ3) is 4.79. The summed E-state index contributed by atoms with van der Waals surface area (Å²) in [6.45, 7) is 13.5. The van der Waals surface area contributed by atoms with E-state index in [4.69, 9.17) is 0 Å². The molecular weight excluding hydrogens is 372 g/mol. The summed E-state index contributed by atoms with van der Waals surface area (Å²) in [5.41, 5.74) is 5.20. The van der Waals surface area contributed by atoms with Crippen LogP contribution in [-0.4, -0.2) is 25.5 Å². The molecule has 5 nitrogen and oxygen atoms in total. The van der Waals surface area contributed by atoms with Gasteiger partial charge in [-0.3, -0.25) is 4.79 Å². The van der Waals surface area contributed by atoms with Gasteiger partial charge in [-0.2, -0.15) is 5.10 Å². The van der Waals surface area contributed by atoms with E-state index in [1.54, 1.807) is 6.07 Å². The zero-order valence-corrected chi connectivity index (χ0v) is 18.9. The molecule has 0 aliphatic rings. The molecule has 0 amide bonds. The van der Waals surface area contributed by atoms with Gasteiger partial charge in [0.1, 0.15) is 5.69 Å². The summed E-state index contributed by atoms with van der Waals surface area (Å²) in [4.78, 5) is 20.7. The van der Waals surface area contributed by atoms with Gasteiger partial charge in [0.05, 0.1) is 17.4 Å². The van der Waals surface area contributed by atoms with Crippen LogP contribution in [0.25, 0.3) is 28.0 Å². The second kappa shape index (κ2) is 10.4. The van der Waals surface area contributed by atoms with Crippen LogP contribution in [0, 0.1) is 13.8 Å². The first-order valence-corrected chi connectivity index (χ1v) is 10.4. The van der Waals surface area contributed by atoms with Crippen molar-refractivity contribution in [3.05, 3.63) is 71.7 Å². The maximum absolute atomic E-state index is 11.7. The maximum atomic E-state index is 11.7. The summed E-state index contributed by atoms with van der Waals surface area (Å²) in [6, 6.07) is 15.5. The third-order valence-corrected chi connectivity index (χ3v) is 4.39. The molecule has 0 aliphatic carbocycles. The number of carbonyl (C=O) groups is 1. The number of fused-ring (bicyclic) bond motifs is 1. The lowest BCUT2D eigenvalue weighted by Crippen LogP contribution is -2.01. The highest BCUT2D eigenvalue weighted by Crippen LogP contribution is 2.28. The van der Waals surface area contributed by atoms with Crippen LogP contribution in [0.2, 0.25) is 0 Å². The summed E-state index contributed by atoms with van der Waals surface area (Å²) in [5.74, 6) is 0.737. The van der Waals surface area contributed by atoms with Gasteiger partial charge in [0.25, 0.3) is 0 Å². The first-order chi connectivity index (χ1) is 14.5. The predicted molar refractivity (Wildman–Crippen MR) is 124 cm³/mol. The molecule has 0 unspecified atom stereocenters. The molecule has 3 heterocycles. The summed E-state index contributed by atoms with van der Waals surface area (Å²) in [7, 11) is 0. The van der Waals surface area contributed by atoms with Gasteiger partial charge in [-0.15, -0.1) is 0 Å². The average Bonchev–Trinajstić information content (AvgIpc) is 3.21. The Hall–Kier alpha value is -3.34. The monoisotopic (exact) mass is 402 g/mol. The minimum atomic E-state index is -0.0429. The van der Waals surface area contributed by atoms with E-state index in [1.807, 2.05) is 81.9 Å². The molecule has 0 saturated heterocycles. The van der Waals surface area contributed by atoms with Crippen molar-refractivity contribution in [2.75, 3.05) is 0 Å². The van der Waals surface area contributed by atoms with Gasteiger partial charge in [0.2, 0.25) is 0 Å². The third-order valence-electron chi connectivity index (χ3n) is 4.39. The zero-order valence-electron chi connectivity index (χ0n) is 18.9.